The Hall–Kier alpha value is -1.19. The topological polar surface area (TPSA) is 73.7 Å². The third-order valence-electron chi connectivity index (χ3n) is 4.76. The number of carbonyl (C=O) groups excluding carboxylic acids is 2. The summed E-state index contributed by atoms with van der Waals surface area (Å²) in [4.78, 5) is 30.8. The van der Waals surface area contributed by atoms with E-state index >= 15 is 0 Å². The molecule has 2 unspecified atom stereocenters. The van der Waals surface area contributed by atoms with Crippen LogP contribution in [0.5, 0.6) is 0 Å². The summed E-state index contributed by atoms with van der Waals surface area (Å²) in [5, 5.41) is 0. The molecule has 1 amide bonds. The number of carbonyl (C=O) groups is 2. The number of halogens is 1. The van der Waals surface area contributed by atoms with Crippen LogP contribution in [0, 0.1) is 5.92 Å². The normalized spacial score (nSPS) is 20.2. The van der Waals surface area contributed by atoms with Gasteiger partial charge in [0.1, 0.15) is 28.5 Å². The van der Waals surface area contributed by atoms with E-state index in [9.17, 15) is 9.59 Å². The lowest BCUT2D eigenvalue weighted by molar-refractivity contribution is 0.0200. The molecule has 2 heterocycles. The lowest BCUT2D eigenvalue weighted by Gasteiger charge is -2.28. The van der Waals surface area contributed by atoms with E-state index < -0.39 is 13.7 Å². The fourth-order valence-electron chi connectivity index (χ4n) is 3.30. The van der Waals surface area contributed by atoms with E-state index in [1.54, 1.807) is 9.47 Å². The number of aldehydes is 1. The van der Waals surface area contributed by atoms with Gasteiger partial charge in [0.15, 0.2) is 6.29 Å². The van der Waals surface area contributed by atoms with Gasteiger partial charge in [-0.25, -0.2) is 9.78 Å². The first kappa shape index (κ1) is 24.1. The van der Waals surface area contributed by atoms with Gasteiger partial charge in [-0.1, -0.05) is 26.6 Å². The second kappa shape index (κ2) is 9.30. The van der Waals surface area contributed by atoms with Crippen LogP contribution in [0.15, 0.2) is 4.60 Å². The molecule has 2 atom stereocenters. The molecule has 1 aliphatic heterocycles. The maximum atomic E-state index is 12.8. The summed E-state index contributed by atoms with van der Waals surface area (Å²) in [7, 11) is -1.21. The van der Waals surface area contributed by atoms with E-state index in [1.165, 1.54) is 0 Å². The fraction of sp³-hybridized carbons (Fsp3) is 0.750. The number of aromatic nitrogens is 2. The highest BCUT2D eigenvalue weighted by molar-refractivity contribution is 9.10. The first-order valence-corrected chi connectivity index (χ1v) is 14.6. The van der Waals surface area contributed by atoms with Crippen LogP contribution in [0.1, 0.15) is 56.5 Å². The molecule has 7 nitrogen and oxygen atoms in total. The summed E-state index contributed by atoms with van der Waals surface area (Å²) in [5.74, 6) is 0.964. The largest absolute Gasteiger partial charge is 0.444 e. The Morgan fingerprint density at radius 1 is 1.34 bits per heavy atom. The molecule has 0 aromatic carbocycles. The van der Waals surface area contributed by atoms with E-state index in [-0.39, 0.29) is 18.9 Å². The van der Waals surface area contributed by atoms with Crippen molar-refractivity contribution >= 4 is 36.4 Å². The van der Waals surface area contributed by atoms with Gasteiger partial charge >= 0.3 is 6.09 Å². The lowest BCUT2D eigenvalue weighted by atomic mass is 10.1. The van der Waals surface area contributed by atoms with Crippen LogP contribution < -0.4 is 0 Å². The summed E-state index contributed by atoms with van der Waals surface area (Å²) in [6.07, 6.45) is 1.18. The predicted molar refractivity (Wildman–Crippen MR) is 119 cm³/mol. The van der Waals surface area contributed by atoms with E-state index in [2.05, 4.69) is 47.5 Å². The zero-order valence-electron chi connectivity index (χ0n) is 18.6. The Balaban J connectivity index is 2.27. The van der Waals surface area contributed by atoms with Crippen LogP contribution in [-0.2, 0) is 16.2 Å². The Labute approximate surface area is 183 Å². The molecular weight excluding hydrogens is 454 g/mol. The molecule has 0 spiro atoms. The molecule has 164 valence electrons. The van der Waals surface area contributed by atoms with Gasteiger partial charge in [0, 0.05) is 21.2 Å². The summed E-state index contributed by atoms with van der Waals surface area (Å²) >= 11 is 3.39. The summed E-state index contributed by atoms with van der Waals surface area (Å²) in [6.45, 7) is 16.0. The van der Waals surface area contributed by atoms with Gasteiger partial charge in [0.25, 0.3) is 0 Å². The number of hydrogen-bond acceptors (Lipinski definition) is 5. The third-order valence-corrected chi connectivity index (χ3v) is 7.04. The van der Waals surface area contributed by atoms with Crippen molar-refractivity contribution in [3.05, 3.63) is 16.1 Å². The molecule has 1 aliphatic rings. The zero-order valence-corrected chi connectivity index (χ0v) is 21.2. The van der Waals surface area contributed by atoms with Crippen LogP contribution in [0.25, 0.3) is 0 Å². The molecule has 1 saturated heterocycles. The van der Waals surface area contributed by atoms with Crippen molar-refractivity contribution in [2.75, 3.05) is 13.2 Å². The van der Waals surface area contributed by atoms with Crippen LogP contribution in [-0.4, -0.2) is 53.7 Å². The average molecular weight is 488 g/mol. The smallest absolute Gasteiger partial charge is 0.410 e. The highest BCUT2D eigenvalue weighted by atomic mass is 79.9. The van der Waals surface area contributed by atoms with Crippen molar-refractivity contribution in [3.63, 3.8) is 0 Å². The molecule has 0 bridgehead atoms. The molecule has 9 heteroatoms. The number of amides is 1. The molecule has 0 aliphatic carbocycles. The standard InChI is InChI=1S/C20H34BrN3O4Si/c1-14-10-15(23(11-14)19(26)28-20(2,3)4)18-22-17(21)16(12-25)24(18)13-27-8-9-29(5,6)7/h12,14-15H,8-11,13H2,1-7H3. The Morgan fingerprint density at radius 2 is 2.00 bits per heavy atom. The fourth-order valence-corrected chi connectivity index (χ4v) is 4.55. The highest BCUT2D eigenvalue weighted by Crippen LogP contribution is 2.37. The van der Waals surface area contributed by atoms with Gasteiger partial charge < -0.3 is 9.47 Å². The number of rotatable bonds is 7. The van der Waals surface area contributed by atoms with Crippen molar-refractivity contribution in [1.82, 2.24) is 14.5 Å². The van der Waals surface area contributed by atoms with Crippen LogP contribution in [0.3, 0.4) is 0 Å². The van der Waals surface area contributed by atoms with Crippen LogP contribution in [0.2, 0.25) is 25.7 Å². The number of likely N-dealkylation sites (tertiary alicyclic amines) is 1. The zero-order chi connectivity index (χ0) is 22.0. The third kappa shape index (κ3) is 6.65. The van der Waals surface area contributed by atoms with Gasteiger partial charge in [0.05, 0.1) is 6.04 Å². The monoisotopic (exact) mass is 487 g/mol. The van der Waals surface area contributed by atoms with Gasteiger partial charge in [-0.05, 0) is 55.1 Å². The van der Waals surface area contributed by atoms with Gasteiger partial charge in [-0.15, -0.1) is 0 Å². The van der Waals surface area contributed by atoms with Crippen molar-refractivity contribution in [1.29, 1.82) is 0 Å². The first-order chi connectivity index (χ1) is 13.3. The van der Waals surface area contributed by atoms with Crippen LogP contribution in [0.4, 0.5) is 4.79 Å². The van der Waals surface area contributed by atoms with Gasteiger partial charge in [-0.2, -0.15) is 0 Å². The lowest BCUT2D eigenvalue weighted by Crippen LogP contribution is -2.37. The molecule has 1 aromatic heterocycles. The minimum atomic E-state index is -1.21. The second-order valence-corrected chi connectivity index (χ2v) is 16.4. The molecule has 1 aromatic rings. The summed E-state index contributed by atoms with van der Waals surface area (Å²) < 4.78 is 13.8. The number of nitrogens with zero attached hydrogens (tertiary/aromatic N) is 3. The molecule has 29 heavy (non-hydrogen) atoms. The maximum absolute atomic E-state index is 12.8. The minimum Gasteiger partial charge on any atom is -0.444 e. The first-order valence-electron chi connectivity index (χ1n) is 10.1. The van der Waals surface area contributed by atoms with E-state index in [1.807, 2.05) is 20.8 Å². The SMILES string of the molecule is CC1CC(c2nc(Br)c(C=O)n2COCC[Si](C)(C)C)N(C(=O)OC(C)(C)C)C1. The van der Waals surface area contributed by atoms with E-state index in [0.717, 1.165) is 18.8 Å². The molecule has 2 rings (SSSR count). The van der Waals surface area contributed by atoms with E-state index in [4.69, 9.17) is 9.47 Å². The molecule has 0 saturated carbocycles. The predicted octanol–water partition coefficient (Wildman–Crippen LogP) is 5.09. The summed E-state index contributed by atoms with van der Waals surface area (Å²) in [6, 6.07) is 0.782. The minimum absolute atomic E-state index is 0.236. The second-order valence-electron chi connectivity index (χ2n) is 10.0. The van der Waals surface area contributed by atoms with Crippen molar-refractivity contribution < 1.29 is 19.1 Å². The number of imidazole rings is 1. The summed E-state index contributed by atoms with van der Waals surface area (Å²) in [5.41, 5.74) is -0.145. The average Bonchev–Trinajstić information content (AvgIpc) is 3.09. The van der Waals surface area contributed by atoms with Gasteiger partial charge in [-0.3, -0.25) is 14.3 Å². The Morgan fingerprint density at radius 3 is 2.55 bits per heavy atom. The van der Waals surface area contributed by atoms with Gasteiger partial charge in [0.2, 0.25) is 0 Å². The number of ether oxygens (including phenoxy) is 2. The van der Waals surface area contributed by atoms with Crippen molar-refractivity contribution in [2.45, 2.75) is 78.2 Å². The Bertz CT molecular complexity index is 739. The van der Waals surface area contributed by atoms with Crippen molar-refractivity contribution in [3.8, 4) is 0 Å². The quantitative estimate of drug-likeness (QED) is 0.304. The molecular formula is C20H34BrN3O4Si. The maximum Gasteiger partial charge on any atom is 0.410 e. The highest BCUT2D eigenvalue weighted by Gasteiger charge is 2.39. The number of hydrogen-bond donors (Lipinski definition) is 0. The molecule has 0 radical (unpaired) electrons. The van der Waals surface area contributed by atoms with Crippen LogP contribution >= 0.6 is 15.9 Å². The molecule has 0 N–H and O–H groups in total. The van der Waals surface area contributed by atoms with Crippen molar-refractivity contribution in [2.24, 2.45) is 5.92 Å². The Kier molecular flexibility index (Phi) is 7.72. The van der Waals surface area contributed by atoms with E-state index in [0.29, 0.717) is 35.2 Å². The molecule has 1 fully saturated rings.